The van der Waals surface area contributed by atoms with E-state index in [0.717, 1.165) is 6.42 Å². The molecule has 0 rings (SSSR count). The average Bonchev–Trinajstić information content (AvgIpc) is 2.47. The van der Waals surface area contributed by atoms with Gasteiger partial charge < -0.3 is 18.9 Å². The summed E-state index contributed by atoms with van der Waals surface area (Å²) in [6.07, 6.45) is 0.759. The highest BCUT2D eigenvalue weighted by atomic mass is 16.6. The summed E-state index contributed by atoms with van der Waals surface area (Å²) in [5, 5.41) is 0. The Balaban J connectivity index is 5.34. The number of ether oxygens (including phenoxy) is 4. The Morgan fingerprint density at radius 1 is 0.783 bits per heavy atom. The van der Waals surface area contributed by atoms with Crippen molar-refractivity contribution in [3.8, 4) is 0 Å². The van der Waals surface area contributed by atoms with Crippen LogP contribution < -0.4 is 0 Å². The van der Waals surface area contributed by atoms with Crippen molar-refractivity contribution < 1.29 is 33.3 Å². The van der Waals surface area contributed by atoms with Gasteiger partial charge in [0.05, 0.1) is 32.7 Å². The summed E-state index contributed by atoms with van der Waals surface area (Å²) in [4.78, 5) is 36.1. The fourth-order valence-corrected chi connectivity index (χ4v) is 1.93. The zero-order chi connectivity index (χ0) is 17.7. The van der Waals surface area contributed by atoms with Gasteiger partial charge in [-0.2, -0.15) is 0 Å². The van der Waals surface area contributed by atoms with Gasteiger partial charge in [0, 0.05) is 6.61 Å². The summed E-state index contributed by atoms with van der Waals surface area (Å²) in [5.41, 5.74) is -1.70. The predicted octanol–water partition coefficient (Wildman–Crippen LogP) is 2.01. The molecular weight excluding hydrogens is 304 g/mol. The highest BCUT2D eigenvalue weighted by molar-refractivity contribution is 5.90. The standard InChI is InChI=1S/C16H28O7/c1-5-9-10-23-16(15(19)22-8-4,11-13(17)20-6-2)12-14(18)21-7-3/h5-12H2,1-4H3. The van der Waals surface area contributed by atoms with Gasteiger partial charge >= 0.3 is 17.9 Å². The number of unbranched alkanes of at least 4 members (excludes halogenated alkanes) is 1. The number of carbonyl (C=O) groups is 3. The van der Waals surface area contributed by atoms with Crippen LogP contribution in [0.25, 0.3) is 0 Å². The monoisotopic (exact) mass is 332 g/mol. The minimum atomic E-state index is -1.70. The molecule has 0 bridgehead atoms. The molecule has 0 saturated carbocycles. The molecule has 7 nitrogen and oxygen atoms in total. The van der Waals surface area contributed by atoms with E-state index >= 15 is 0 Å². The Morgan fingerprint density at radius 2 is 1.26 bits per heavy atom. The van der Waals surface area contributed by atoms with E-state index in [9.17, 15) is 14.4 Å². The molecule has 0 aromatic carbocycles. The third-order valence-electron chi connectivity index (χ3n) is 2.99. The molecule has 0 fully saturated rings. The van der Waals surface area contributed by atoms with Crippen LogP contribution in [-0.2, 0) is 33.3 Å². The molecule has 134 valence electrons. The summed E-state index contributed by atoms with van der Waals surface area (Å²) in [6.45, 7) is 7.62. The van der Waals surface area contributed by atoms with Crippen LogP contribution in [0.1, 0.15) is 53.4 Å². The molecule has 0 atom stereocenters. The predicted molar refractivity (Wildman–Crippen MR) is 82.7 cm³/mol. The maximum atomic E-state index is 12.4. The van der Waals surface area contributed by atoms with Crippen LogP contribution in [0.3, 0.4) is 0 Å². The van der Waals surface area contributed by atoms with Crippen LogP contribution in [0, 0.1) is 0 Å². The van der Waals surface area contributed by atoms with Gasteiger partial charge in [0.15, 0.2) is 5.60 Å². The van der Waals surface area contributed by atoms with Crippen LogP contribution in [0.2, 0.25) is 0 Å². The average molecular weight is 332 g/mol. The van der Waals surface area contributed by atoms with Crippen LogP contribution in [0.15, 0.2) is 0 Å². The molecule has 0 heterocycles. The zero-order valence-corrected chi connectivity index (χ0v) is 14.5. The molecule has 0 aliphatic heterocycles. The second-order valence-electron chi connectivity index (χ2n) is 4.88. The minimum absolute atomic E-state index is 0.114. The summed E-state index contributed by atoms with van der Waals surface area (Å²) in [7, 11) is 0. The van der Waals surface area contributed by atoms with Gasteiger partial charge in [0.25, 0.3) is 0 Å². The van der Waals surface area contributed by atoms with Crippen molar-refractivity contribution >= 4 is 17.9 Å². The third-order valence-corrected chi connectivity index (χ3v) is 2.99. The highest BCUT2D eigenvalue weighted by Gasteiger charge is 2.46. The highest BCUT2D eigenvalue weighted by Crippen LogP contribution is 2.25. The molecular formula is C16H28O7. The third kappa shape index (κ3) is 7.97. The first-order valence-corrected chi connectivity index (χ1v) is 8.08. The molecule has 0 radical (unpaired) electrons. The van der Waals surface area contributed by atoms with Gasteiger partial charge in [-0.15, -0.1) is 0 Å². The fraction of sp³-hybridized carbons (Fsp3) is 0.812. The summed E-state index contributed by atoms with van der Waals surface area (Å²) < 4.78 is 20.4. The Labute approximate surface area is 137 Å². The van der Waals surface area contributed by atoms with E-state index in [2.05, 4.69) is 0 Å². The lowest BCUT2D eigenvalue weighted by atomic mass is 9.95. The fourth-order valence-electron chi connectivity index (χ4n) is 1.93. The van der Waals surface area contributed by atoms with E-state index in [4.69, 9.17) is 18.9 Å². The van der Waals surface area contributed by atoms with Crippen molar-refractivity contribution in [3.05, 3.63) is 0 Å². The first-order valence-electron chi connectivity index (χ1n) is 8.08. The Kier molecular flexibility index (Phi) is 11.0. The van der Waals surface area contributed by atoms with Crippen LogP contribution in [0.4, 0.5) is 0 Å². The van der Waals surface area contributed by atoms with Crippen LogP contribution in [-0.4, -0.2) is 49.9 Å². The van der Waals surface area contributed by atoms with Crippen molar-refractivity contribution in [2.45, 2.75) is 59.0 Å². The number of esters is 3. The molecule has 0 aromatic heterocycles. The molecule has 0 unspecified atom stereocenters. The second-order valence-corrected chi connectivity index (χ2v) is 4.88. The first kappa shape index (κ1) is 21.4. The quantitative estimate of drug-likeness (QED) is 0.307. The molecule has 0 aromatic rings. The van der Waals surface area contributed by atoms with E-state index in [1.165, 1.54) is 0 Å². The molecule has 0 spiro atoms. The van der Waals surface area contributed by atoms with Crippen molar-refractivity contribution in [1.29, 1.82) is 0 Å². The largest absolute Gasteiger partial charge is 0.466 e. The Hall–Kier alpha value is -1.63. The molecule has 0 saturated heterocycles. The molecule has 0 amide bonds. The maximum Gasteiger partial charge on any atom is 0.339 e. The summed E-state index contributed by atoms with van der Waals surface area (Å²) >= 11 is 0. The molecule has 7 heteroatoms. The van der Waals surface area contributed by atoms with E-state index < -0.39 is 23.5 Å². The summed E-state index contributed by atoms with van der Waals surface area (Å²) in [6, 6.07) is 0. The second kappa shape index (κ2) is 11.9. The zero-order valence-electron chi connectivity index (χ0n) is 14.5. The summed E-state index contributed by atoms with van der Waals surface area (Å²) in [5.74, 6) is -2.00. The van der Waals surface area contributed by atoms with E-state index in [1.807, 2.05) is 6.92 Å². The molecule has 0 N–H and O–H groups in total. The lowest BCUT2D eigenvalue weighted by molar-refractivity contribution is -0.185. The van der Waals surface area contributed by atoms with Gasteiger partial charge in [-0.3, -0.25) is 9.59 Å². The molecule has 23 heavy (non-hydrogen) atoms. The van der Waals surface area contributed by atoms with Crippen LogP contribution in [0.5, 0.6) is 0 Å². The lowest BCUT2D eigenvalue weighted by Gasteiger charge is -2.30. The lowest BCUT2D eigenvalue weighted by Crippen LogP contribution is -2.47. The smallest absolute Gasteiger partial charge is 0.339 e. The van der Waals surface area contributed by atoms with Gasteiger partial charge in [-0.1, -0.05) is 13.3 Å². The van der Waals surface area contributed by atoms with Gasteiger partial charge in [-0.05, 0) is 27.2 Å². The molecule has 0 aliphatic carbocycles. The van der Waals surface area contributed by atoms with E-state index in [1.54, 1.807) is 20.8 Å². The number of hydrogen-bond donors (Lipinski definition) is 0. The SMILES string of the molecule is CCCCOC(CC(=O)OCC)(CC(=O)OCC)C(=O)OCC. The Bertz CT molecular complexity index is 359. The van der Waals surface area contributed by atoms with Crippen molar-refractivity contribution in [1.82, 2.24) is 0 Å². The Morgan fingerprint density at radius 3 is 1.65 bits per heavy atom. The van der Waals surface area contributed by atoms with Crippen molar-refractivity contribution in [2.75, 3.05) is 26.4 Å². The number of carbonyl (C=O) groups excluding carboxylic acids is 3. The van der Waals surface area contributed by atoms with Gasteiger partial charge in [0.1, 0.15) is 0 Å². The van der Waals surface area contributed by atoms with Crippen LogP contribution >= 0.6 is 0 Å². The van der Waals surface area contributed by atoms with Crippen molar-refractivity contribution in [2.24, 2.45) is 0 Å². The normalized spacial score (nSPS) is 11.0. The first-order chi connectivity index (χ1) is 11.0. The number of hydrogen-bond acceptors (Lipinski definition) is 7. The van der Waals surface area contributed by atoms with E-state index in [-0.39, 0.29) is 39.3 Å². The van der Waals surface area contributed by atoms with Gasteiger partial charge in [0.2, 0.25) is 0 Å². The van der Waals surface area contributed by atoms with E-state index in [0.29, 0.717) is 6.42 Å². The molecule has 0 aliphatic rings. The van der Waals surface area contributed by atoms with Gasteiger partial charge in [-0.25, -0.2) is 4.79 Å². The topological polar surface area (TPSA) is 88.1 Å². The number of rotatable bonds is 12. The van der Waals surface area contributed by atoms with Crippen molar-refractivity contribution in [3.63, 3.8) is 0 Å². The maximum absolute atomic E-state index is 12.4. The minimum Gasteiger partial charge on any atom is -0.466 e.